The van der Waals surface area contributed by atoms with E-state index in [1.54, 1.807) is 0 Å². The van der Waals surface area contributed by atoms with Gasteiger partial charge in [0.15, 0.2) is 0 Å². The normalized spacial score (nSPS) is 20.2. The molecule has 0 bridgehead atoms. The summed E-state index contributed by atoms with van der Waals surface area (Å²) >= 11 is 0. The van der Waals surface area contributed by atoms with E-state index in [9.17, 15) is 14.4 Å². The number of carbonyl (C=O) groups excluding carboxylic acids is 2. The molecule has 2 aliphatic carbocycles. The summed E-state index contributed by atoms with van der Waals surface area (Å²) in [5.74, 6) is -1.44. The van der Waals surface area contributed by atoms with Crippen LogP contribution in [-0.4, -0.2) is 35.5 Å². The molecule has 19 heavy (non-hydrogen) atoms. The van der Waals surface area contributed by atoms with Crippen LogP contribution < -0.4 is 10.6 Å². The molecule has 2 aliphatic rings. The minimum absolute atomic E-state index is 0.00772. The second-order valence-electron chi connectivity index (χ2n) is 5.44. The van der Waals surface area contributed by atoms with Gasteiger partial charge in [0.05, 0.1) is 0 Å². The number of carboxylic acids is 1. The van der Waals surface area contributed by atoms with E-state index in [0.717, 1.165) is 19.3 Å². The predicted molar refractivity (Wildman–Crippen MR) is 67.3 cm³/mol. The number of aliphatic carboxylic acids is 1. The van der Waals surface area contributed by atoms with Gasteiger partial charge in [-0.1, -0.05) is 6.42 Å². The van der Waals surface area contributed by atoms with E-state index in [0.29, 0.717) is 38.3 Å². The van der Waals surface area contributed by atoms with Crippen LogP contribution in [-0.2, 0) is 14.4 Å². The summed E-state index contributed by atoms with van der Waals surface area (Å²) in [6.45, 7) is 0.353. The van der Waals surface area contributed by atoms with Crippen LogP contribution in [0, 0.1) is 5.41 Å². The molecule has 0 spiro atoms. The van der Waals surface area contributed by atoms with Gasteiger partial charge < -0.3 is 15.7 Å². The van der Waals surface area contributed by atoms with Crippen molar-refractivity contribution in [2.75, 3.05) is 6.54 Å². The minimum Gasteiger partial charge on any atom is -0.480 e. The highest BCUT2D eigenvalue weighted by Crippen LogP contribution is 2.41. The predicted octanol–water partition coefficient (Wildman–Crippen LogP) is 0.416. The summed E-state index contributed by atoms with van der Waals surface area (Å²) in [6.07, 6.45) is 4.64. The molecule has 0 heterocycles. The van der Waals surface area contributed by atoms with Crippen molar-refractivity contribution in [2.45, 2.75) is 51.0 Å². The number of hydrogen-bond donors (Lipinski definition) is 3. The fraction of sp³-hybridized carbons (Fsp3) is 0.769. The lowest BCUT2D eigenvalue weighted by atomic mass is 9.68. The molecule has 0 aromatic rings. The molecule has 0 atom stereocenters. The van der Waals surface area contributed by atoms with E-state index < -0.39 is 17.3 Å². The van der Waals surface area contributed by atoms with Crippen molar-refractivity contribution in [1.29, 1.82) is 0 Å². The van der Waals surface area contributed by atoms with Gasteiger partial charge in [0, 0.05) is 19.0 Å². The largest absolute Gasteiger partial charge is 0.480 e. The van der Waals surface area contributed by atoms with E-state index in [-0.39, 0.29) is 5.91 Å². The number of rotatable bonds is 7. The minimum atomic E-state index is -1.21. The molecule has 2 saturated carbocycles. The number of nitrogens with one attached hydrogen (secondary N) is 2. The summed E-state index contributed by atoms with van der Waals surface area (Å²) in [5.41, 5.74) is -1.21. The van der Waals surface area contributed by atoms with Gasteiger partial charge in [-0.3, -0.25) is 14.4 Å². The molecule has 0 radical (unpaired) electrons. The Labute approximate surface area is 111 Å². The zero-order chi connectivity index (χ0) is 13.9. The van der Waals surface area contributed by atoms with Crippen LogP contribution >= 0.6 is 0 Å². The van der Waals surface area contributed by atoms with Crippen molar-refractivity contribution >= 4 is 17.8 Å². The summed E-state index contributed by atoms with van der Waals surface area (Å²) in [6, 6.07) is 0.354. The highest BCUT2D eigenvalue weighted by atomic mass is 16.4. The van der Waals surface area contributed by atoms with Crippen molar-refractivity contribution in [3.8, 4) is 0 Å². The Morgan fingerprint density at radius 2 is 1.89 bits per heavy atom. The first-order valence-electron chi connectivity index (χ1n) is 6.86. The first-order chi connectivity index (χ1) is 9.04. The third kappa shape index (κ3) is 3.24. The van der Waals surface area contributed by atoms with E-state index in [1.807, 2.05) is 0 Å². The van der Waals surface area contributed by atoms with Crippen LogP contribution in [0.3, 0.4) is 0 Å². The van der Waals surface area contributed by atoms with Crippen LogP contribution in [0.15, 0.2) is 0 Å². The lowest BCUT2D eigenvalue weighted by molar-refractivity contribution is -0.162. The molecule has 2 amide bonds. The van der Waals surface area contributed by atoms with Crippen molar-refractivity contribution in [2.24, 2.45) is 5.41 Å². The standard InChI is InChI=1S/C13H20N2O4/c16-10(15-9-4-5-9)3-1-8-14-11(17)13(12(18)19)6-2-7-13/h9H,1-8H2,(H,14,17)(H,15,16)(H,18,19). The Morgan fingerprint density at radius 1 is 1.21 bits per heavy atom. The second-order valence-corrected chi connectivity index (χ2v) is 5.44. The fourth-order valence-electron chi connectivity index (χ4n) is 2.22. The lowest BCUT2D eigenvalue weighted by Crippen LogP contribution is -2.51. The van der Waals surface area contributed by atoms with Gasteiger partial charge >= 0.3 is 5.97 Å². The molecule has 0 aromatic carbocycles. The second kappa shape index (κ2) is 5.59. The Bertz CT molecular complexity index is 386. The molecule has 2 rings (SSSR count). The van der Waals surface area contributed by atoms with Gasteiger partial charge in [-0.2, -0.15) is 0 Å². The van der Waals surface area contributed by atoms with Gasteiger partial charge in [0.2, 0.25) is 11.8 Å². The SMILES string of the molecule is O=C(CCCNC(=O)C1(C(=O)O)CCC1)NC1CC1. The van der Waals surface area contributed by atoms with Gasteiger partial charge in [0.1, 0.15) is 5.41 Å². The zero-order valence-corrected chi connectivity index (χ0v) is 10.9. The molecule has 6 nitrogen and oxygen atoms in total. The average molecular weight is 268 g/mol. The molecule has 0 unspecified atom stereocenters. The van der Waals surface area contributed by atoms with Gasteiger partial charge in [0.25, 0.3) is 0 Å². The van der Waals surface area contributed by atoms with Crippen molar-refractivity contribution in [1.82, 2.24) is 10.6 Å². The van der Waals surface area contributed by atoms with Crippen molar-refractivity contribution in [3.63, 3.8) is 0 Å². The molecule has 106 valence electrons. The van der Waals surface area contributed by atoms with Gasteiger partial charge in [-0.15, -0.1) is 0 Å². The molecule has 0 aromatic heterocycles. The number of carboxylic acid groups (broad SMARTS) is 1. The van der Waals surface area contributed by atoms with E-state index in [1.165, 1.54) is 0 Å². The topological polar surface area (TPSA) is 95.5 Å². The van der Waals surface area contributed by atoms with Crippen LogP contribution in [0.5, 0.6) is 0 Å². The third-order valence-corrected chi connectivity index (χ3v) is 3.86. The van der Waals surface area contributed by atoms with Crippen LogP contribution in [0.2, 0.25) is 0 Å². The van der Waals surface area contributed by atoms with Crippen LogP contribution in [0.25, 0.3) is 0 Å². The highest BCUT2D eigenvalue weighted by molar-refractivity contribution is 6.02. The monoisotopic (exact) mass is 268 g/mol. The molecule has 0 aliphatic heterocycles. The Morgan fingerprint density at radius 3 is 2.37 bits per heavy atom. The number of carbonyl (C=O) groups is 3. The van der Waals surface area contributed by atoms with E-state index in [4.69, 9.17) is 5.11 Å². The maximum absolute atomic E-state index is 11.8. The van der Waals surface area contributed by atoms with Crippen molar-refractivity contribution < 1.29 is 19.5 Å². The first kappa shape index (κ1) is 13.8. The summed E-state index contributed by atoms with van der Waals surface area (Å²) in [5, 5.41) is 14.6. The lowest BCUT2D eigenvalue weighted by Gasteiger charge is -2.35. The molecular weight excluding hydrogens is 248 g/mol. The van der Waals surface area contributed by atoms with Crippen LogP contribution in [0.1, 0.15) is 44.9 Å². The van der Waals surface area contributed by atoms with E-state index >= 15 is 0 Å². The summed E-state index contributed by atoms with van der Waals surface area (Å²) in [4.78, 5) is 34.3. The first-order valence-corrected chi connectivity index (χ1v) is 6.86. The Hall–Kier alpha value is -1.59. The average Bonchev–Trinajstić information content (AvgIpc) is 3.06. The van der Waals surface area contributed by atoms with Gasteiger partial charge in [-0.25, -0.2) is 0 Å². The number of hydrogen-bond acceptors (Lipinski definition) is 3. The van der Waals surface area contributed by atoms with Crippen molar-refractivity contribution in [3.05, 3.63) is 0 Å². The van der Waals surface area contributed by atoms with Crippen LogP contribution in [0.4, 0.5) is 0 Å². The Balaban J connectivity index is 1.63. The summed E-state index contributed by atoms with van der Waals surface area (Å²) in [7, 11) is 0. The highest BCUT2D eigenvalue weighted by Gasteiger charge is 2.50. The third-order valence-electron chi connectivity index (χ3n) is 3.86. The molecule has 2 fully saturated rings. The number of amides is 2. The maximum atomic E-state index is 11.8. The van der Waals surface area contributed by atoms with Gasteiger partial charge in [-0.05, 0) is 32.1 Å². The summed E-state index contributed by atoms with van der Waals surface area (Å²) < 4.78 is 0. The molecule has 6 heteroatoms. The van der Waals surface area contributed by atoms with E-state index in [2.05, 4.69) is 10.6 Å². The molecular formula is C13H20N2O4. The maximum Gasteiger partial charge on any atom is 0.319 e. The smallest absolute Gasteiger partial charge is 0.319 e. The molecule has 0 saturated heterocycles. The quantitative estimate of drug-likeness (QED) is 0.460. The fourth-order valence-corrected chi connectivity index (χ4v) is 2.22. The zero-order valence-electron chi connectivity index (χ0n) is 10.9. The Kier molecular flexibility index (Phi) is 4.07. The molecule has 3 N–H and O–H groups in total.